The summed E-state index contributed by atoms with van der Waals surface area (Å²) in [7, 11) is 0. The lowest BCUT2D eigenvalue weighted by atomic mass is 10.1. The first-order valence-corrected chi connectivity index (χ1v) is 5.62. The molecule has 0 fully saturated rings. The van der Waals surface area contributed by atoms with Crippen LogP contribution in [0.25, 0.3) is 0 Å². The highest BCUT2D eigenvalue weighted by Crippen LogP contribution is 2.19. The fourth-order valence-electron chi connectivity index (χ4n) is 1.64. The Labute approximate surface area is 100 Å². The Balaban J connectivity index is 2.03. The van der Waals surface area contributed by atoms with Gasteiger partial charge in [0.2, 0.25) is 0 Å². The summed E-state index contributed by atoms with van der Waals surface area (Å²) in [6.45, 7) is 2.89. The molecule has 0 aliphatic rings. The highest BCUT2D eigenvalue weighted by atomic mass is 16.5. The Bertz CT molecular complexity index is 480. The molecule has 4 heteroatoms. The summed E-state index contributed by atoms with van der Waals surface area (Å²) in [5, 5.41) is 3.88. The zero-order valence-electron chi connectivity index (χ0n) is 9.85. The van der Waals surface area contributed by atoms with Gasteiger partial charge < -0.3 is 15.0 Å². The molecule has 4 nitrogen and oxygen atoms in total. The van der Waals surface area contributed by atoms with E-state index in [9.17, 15) is 0 Å². The van der Waals surface area contributed by atoms with Crippen molar-refractivity contribution < 1.29 is 9.26 Å². The van der Waals surface area contributed by atoms with Crippen LogP contribution in [0.2, 0.25) is 0 Å². The first kappa shape index (κ1) is 11.7. The maximum atomic E-state index is 5.71. The quantitative estimate of drug-likeness (QED) is 0.857. The zero-order chi connectivity index (χ0) is 12.1. The number of rotatable bonds is 5. The summed E-state index contributed by atoms with van der Waals surface area (Å²) >= 11 is 0. The van der Waals surface area contributed by atoms with E-state index in [1.807, 2.05) is 37.3 Å². The van der Waals surface area contributed by atoms with E-state index in [-0.39, 0.29) is 0 Å². The van der Waals surface area contributed by atoms with E-state index in [2.05, 4.69) is 5.16 Å². The number of benzene rings is 1. The van der Waals surface area contributed by atoms with Gasteiger partial charge in [0, 0.05) is 6.07 Å². The monoisotopic (exact) mass is 232 g/mol. The van der Waals surface area contributed by atoms with Crippen LogP contribution < -0.4 is 10.5 Å². The van der Waals surface area contributed by atoms with E-state index >= 15 is 0 Å². The summed E-state index contributed by atoms with van der Waals surface area (Å²) in [6.07, 6.45) is 0.814. The molecule has 0 aliphatic carbocycles. The molecular weight excluding hydrogens is 216 g/mol. The number of nitrogens with two attached hydrogens (primary N) is 1. The van der Waals surface area contributed by atoms with Crippen LogP contribution in [0.15, 0.2) is 34.9 Å². The van der Waals surface area contributed by atoms with Gasteiger partial charge in [-0.3, -0.25) is 0 Å². The van der Waals surface area contributed by atoms with Gasteiger partial charge in [-0.1, -0.05) is 23.4 Å². The van der Waals surface area contributed by atoms with Gasteiger partial charge in [0.1, 0.15) is 23.8 Å². The van der Waals surface area contributed by atoms with Crippen LogP contribution in [0.3, 0.4) is 0 Å². The molecule has 1 aromatic heterocycles. The highest BCUT2D eigenvalue weighted by Gasteiger charge is 2.04. The van der Waals surface area contributed by atoms with Gasteiger partial charge in [-0.05, 0) is 31.5 Å². The van der Waals surface area contributed by atoms with Crippen LogP contribution in [0, 0.1) is 6.92 Å². The standard InChI is InChI=1S/C13H16N2O2/c1-10-8-12(15-17-10)9-16-13-5-3-2-4-11(13)6-7-14/h2-5,8H,6-7,9,14H2,1H3. The van der Waals surface area contributed by atoms with Gasteiger partial charge in [-0.2, -0.15) is 0 Å². The third-order valence-electron chi connectivity index (χ3n) is 2.44. The number of hydrogen-bond acceptors (Lipinski definition) is 4. The van der Waals surface area contributed by atoms with Crippen LogP contribution in [0.5, 0.6) is 5.75 Å². The lowest BCUT2D eigenvalue weighted by molar-refractivity contribution is 0.285. The van der Waals surface area contributed by atoms with E-state index in [0.29, 0.717) is 13.2 Å². The molecule has 2 aromatic rings. The Hall–Kier alpha value is -1.81. The van der Waals surface area contributed by atoms with Crippen molar-refractivity contribution >= 4 is 0 Å². The minimum Gasteiger partial charge on any atom is -0.487 e. The maximum absolute atomic E-state index is 5.71. The Morgan fingerprint density at radius 2 is 2.18 bits per heavy atom. The topological polar surface area (TPSA) is 61.3 Å². The number of nitrogens with zero attached hydrogens (tertiary/aromatic N) is 1. The molecule has 2 N–H and O–H groups in total. The van der Waals surface area contributed by atoms with E-state index in [4.69, 9.17) is 15.0 Å². The molecule has 0 saturated carbocycles. The van der Waals surface area contributed by atoms with Gasteiger partial charge >= 0.3 is 0 Å². The number of aromatic nitrogens is 1. The van der Waals surface area contributed by atoms with Gasteiger partial charge in [0.15, 0.2) is 0 Å². The first-order valence-electron chi connectivity index (χ1n) is 5.62. The third kappa shape index (κ3) is 3.07. The second kappa shape index (κ2) is 5.50. The molecule has 1 heterocycles. The van der Waals surface area contributed by atoms with Crippen LogP contribution in [-0.2, 0) is 13.0 Å². The summed E-state index contributed by atoms with van der Waals surface area (Å²) in [4.78, 5) is 0. The third-order valence-corrected chi connectivity index (χ3v) is 2.44. The average Bonchev–Trinajstić information content (AvgIpc) is 2.74. The highest BCUT2D eigenvalue weighted by molar-refractivity contribution is 5.33. The fraction of sp³-hybridized carbons (Fsp3) is 0.308. The first-order chi connectivity index (χ1) is 8.29. The summed E-state index contributed by atoms with van der Waals surface area (Å²) in [5.74, 6) is 1.65. The SMILES string of the molecule is Cc1cc(COc2ccccc2CCN)no1. The number of aryl methyl sites for hydroxylation is 1. The molecule has 1 aromatic carbocycles. The molecule has 0 bridgehead atoms. The van der Waals surface area contributed by atoms with Crippen molar-refractivity contribution in [3.8, 4) is 5.75 Å². The number of ether oxygens (including phenoxy) is 1. The predicted octanol–water partition coefficient (Wildman–Crippen LogP) is 2.06. The normalized spacial score (nSPS) is 10.5. The molecule has 0 spiro atoms. The van der Waals surface area contributed by atoms with E-state index in [1.165, 1.54) is 0 Å². The number of hydrogen-bond donors (Lipinski definition) is 1. The zero-order valence-corrected chi connectivity index (χ0v) is 9.85. The lowest BCUT2D eigenvalue weighted by Crippen LogP contribution is -2.05. The van der Waals surface area contributed by atoms with Crippen LogP contribution in [-0.4, -0.2) is 11.7 Å². The van der Waals surface area contributed by atoms with E-state index in [1.54, 1.807) is 0 Å². The number of para-hydroxylation sites is 1. The molecule has 17 heavy (non-hydrogen) atoms. The maximum Gasteiger partial charge on any atom is 0.134 e. The predicted molar refractivity (Wildman–Crippen MR) is 64.8 cm³/mol. The molecule has 0 radical (unpaired) electrons. The molecular formula is C13H16N2O2. The molecule has 0 unspecified atom stereocenters. The van der Waals surface area contributed by atoms with Crippen molar-refractivity contribution in [2.45, 2.75) is 20.0 Å². The smallest absolute Gasteiger partial charge is 0.134 e. The molecule has 90 valence electrons. The van der Waals surface area contributed by atoms with Crippen molar-refractivity contribution in [3.05, 3.63) is 47.3 Å². The van der Waals surface area contributed by atoms with Crippen molar-refractivity contribution in [1.29, 1.82) is 0 Å². The Morgan fingerprint density at radius 1 is 1.35 bits per heavy atom. The molecule has 0 aliphatic heterocycles. The second-order valence-corrected chi connectivity index (χ2v) is 3.86. The largest absolute Gasteiger partial charge is 0.487 e. The van der Waals surface area contributed by atoms with Crippen LogP contribution in [0.4, 0.5) is 0 Å². The van der Waals surface area contributed by atoms with Crippen molar-refractivity contribution in [2.75, 3.05) is 6.54 Å². The Morgan fingerprint density at radius 3 is 2.88 bits per heavy atom. The van der Waals surface area contributed by atoms with E-state index in [0.717, 1.165) is 29.2 Å². The van der Waals surface area contributed by atoms with Crippen molar-refractivity contribution in [3.63, 3.8) is 0 Å². The molecule has 0 amide bonds. The van der Waals surface area contributed by atoms with Crippen LogP contribution >= 0.6 is 0 Å². The van der Waals surface area contributed by atoms with E-state index < -0.39 is 0 Å². The van der Waals surface area contributed by atoms with Crippen molar-refractivity contribution in [1.82, 2.24) is 5.16 Å². The van der Waals surface area contributed by atoms with Gasteiger partial charge in [0.25, 0.3) is 0 Å². The fourth-order valence-corrected chi connectivity index (χ4v) is 1.64. The lowest BCUT2D eigenvalue weighted by Gasteiger charge is -2.09. The molecule has 0 saturated heterocycles. The van der Waals surface area contributed by atoms with Gasteiger partial charge in [-0.25, -0.2) is 0 Å². The molecule has 2 rings (SSSR count). The second-order valence-electron chi connectivity index (χ2n) is 3.86. The van der Waals surface area contributed by atoms with Crippen molar-refractivity contribution in [2.24, 2.45) is 5.73 Å². The van der Waals surface area contributed by atoms with Gasteiger partial charge in [-0.15, -0.1) is 0 Å². The minimum atomic E-state index is 0.416. The Kier molecular flexibility index (Phi) is 3.77. The summed E-state index contributed by atoms with van der Waals surface area (Å²) < 4.78 is 10.7. The summed E-state index contributed by atoms with van der Waals surface area (Å²) in [5.41, 5.74) is 7.47. The van der Waals surface area contributed by atoms with Gasteiger partial charge in [0.05, 0.1) is 0 Å². The summed E-state index contributed by atoms with van der Waals surface area (Å²) in [6, 6.07) is 9.77. The average molecular weight is 232 g/mol. The van der Waals surface area contributed by atoms with Crippen LogP contribution in [0.1, 0.15) is 17.0 Å². The minimum absolute atomic E-state index is 0.416. The molecule has 0 atom stereocenters.